The zero-order valence-corrected chi connectivity index (χ0v) is 22.1. The number of esters is 1. The number of ketones is 2. The summed E-state index contributed by atoms with van der Waals surface area (Å²) in [6, 6.07) is 0. The third kappa shape index (κ3) is 3.66. The zero-order valence-electron chi connectivity index (χ0n) is 21.3. The molecule has 3 fully saturated rings. The van der Waals surface area contributed by atoms with Crippen molar-refractivity contribution >= 4 is 35.3 Å². The van der Waals surface area contributed by atoms with E-state index < -0.39 is 51.9 Å². The van der Waals surface area contributed by atoms with E-state index in [1.807, 2.05) is 19.9 Å². The Hall–Kier alpha value is -2.19. The number of ether oxygens (including phenoxy) is 3. The number of aliphatic hydroxyl groups excluding tert-OH is 1. The predicted molar refractivity (Wildman–Crippen MR) is 130 cm³/mol. The van der Waals surface area contributed by atoms with Crippen LogP contribution in [0.5, 0.6) is 0 Å². The number of halogens is 1. The molecule has 3 saturated carbocycles. The average molecular weight is 523 g/mol. The third-order valence-electron chi connectivity index (χ3n) is 9.38. The number of fused-ring (bicyclic) bond motifs is 5. The van der Waals surface area contributed by atoms with Crippen molar-refractivity contribution in [3.05, 3.63) is 23.8 Å². The fourth-order valence-corrected chi connectivity index (χ4v) is 8.06. The van der Waals surface area contributed by atoms with Crippen LogP contribution in [0.1, 0.15) is 66.2 Å². The molecular weight excluding hydrogens is 488 g/mol. The Bertz CT molecular complexity index is 1030. The second-order valence-electron chi connectivity index (χ2n) is 10.9. The number of alkyl halides is 1. The molecule has 7 atom stereocenters. The van der Waals surface area contributed by atoms with E-state index in [-0.39, 0.29) is 43.5 Å². The summed E-state index contributed by atoms with van der Waals surface area (Å²) in [7, 11) is 0. The normalized spacial score (nSPS) is 40.9. The van der Waals surface area contributed by atoms with Crippen LogP contribution in [-0.2, 0) is 28.6 Å². The second-order valence-corrected chi connectivity index (χ2v) is 11.5. The summed E-state index contributed by atoms with van der Waals surface area (Å²) in [5.74, 6) is -1.53. The highest BCUT2D eigenvalue weighted by Gasteiger charge is 2.74. The molecule has 4 aliphatic rings. The van der Waals surface area contributed by atoms with Gasteiger partial charge in [-0.2, -0.15) is 0 Å². The summed E-state index contributed by atoms with van der Waals surface area (Å²) in [5, 5.41) is 11.7. The molecule has 4 aliphatic carbocycles. The van der Waals surface area contributed by atoms with Gasteiger partial charge in [0.05, 0.1) is 17.6 Å². The minimum atomic E-state index is -1.63. The largest absolute Gasteiger partial charge is 0.509 e. The predicted octanol–water partition coefficient (Wildman–Crippen LogP) is 4.06. The van der Waals surface area contributed by atoms with Crippen molar-refractivity contribution in [2.75, 3.05) is 13.2 Å². The summed E-state index contributed by atoms with van der Waals surface area (Å²) in [6.07, 6.45) is 5.10. The molecule has 0 aromatic heterocycles. The first-order valence-corrected chi connectivity index (χ1v) is 13.1. The van der Waals surface area contributed by atoms with E-state index in [0.29, 0.717) is 19.3 Å². The van der Waals surface area contributed by atoms with Gasteiger partial charge in [0.15, 0.2) is 18.0 Å². The van der Waals surface area contributed by atoms with Gasteiger partial charge in [-0.15, -0.1) is 11.6 Å². The molecule has 0 aromatic carbocycles. The zero-order chi connectivity index (χ0) is 26.5. The van der Waals surface area contributed by atoms with Gasteiger partial charge in [-0.3, -0.25) is 14.4 Å². The van der Waals surface area contributed by atoms with Crippen molar-refractivity contribution < 1.29 is 38.5 Å². The van der Waals surface area contributed by atoms with Crippen molar-refractivity contribution in [2.24, 2.45) is 22.7 Å². The van der Waals surface area contributed by atoms with Crippen LogP contribution >= 0.6 is 11.6 Å². The van der Waals surface area contributed by atoms with Gasteiger partial charge >= 0.3 is 12.1 Å². The maximum atomic E-state index is 13.7. The first-order chi connectivity index (χ1) is 16.9. The summed E-state index contributed by atoms with van der Waals surface area (Å²) < 4.78 is 16.0. The lowest BCUT2D eigenvalue weighted by Gasteiger charge is -2.63. The molecule has 0 amide bonds. The topological polar surface area (TPSA) is 116 Å². The molecule has 0 spiro atoms. The molecule has 0 aliphatic heterocycles. The van der Waals surface area contributed by atoms with Gasteiger partial charge < -0.3 is 19.3 Å². The van der Waals surface area contributed by atoms with E-state index in [9.17, 15) is 24.3 Å². The monoisotopic (exact) mass is 522 g/mol. The van der Waals surface area contributed by atoms with Crippen LogP contribution in [-0.4, -0.2) is 58.6 Å². The standard InChI is InChI=1S/C27H35ClO8/c1-5-22(32)35-15-21(31)26(36-23(33)34-6-2)12-10-18-19-8-7-16-13-17(29)9-11-24(16,3)27(19,28)20(30)14-25(18,26)4/h9,11,13,18-20,30H,5-8,10,12,14-15H2,1-4H3/t18-,19-,20?,24-,25-,26-,27-/m0/s1. The maximum absolute atomic E-state index is 13.7. The van der Waals surface area contributed by atoms with Crippen LogP contribution in [0.25, 0.3) is 0 Å². The molecular formula is C27H35ClO8. The Morgan fingerprint density at radius 2 is 1.86 bits per heavy atom. The van der Waals surface area contributed by atoms with Crippen LogP contribution < -0.4 is 0 Å². The van der Waals surface area contributed by atoms with Gasteiger partial charge in [-0.1, -0.05) is 32.4 Å². The fourth-order valence-electron chi connectivity index (χ4n) is 7.54. The number of allylic oxidation sites excluding steroid dienone is 4. The second kappa shape index (κ2) is 9.28. The first kappa shape index (κ1) is 26.9. The molecule has 0 aromatic rings. The molecule has 1 unspecified atom stereocenters. The molecule has 8 nitrogen and oxygen atoms in total. The molecule has 1 N–H and O–H groups in total. The number of Topliss-reactive ketones (excluding diaryl/α,β-unsaturated/α-hetero) is 1. The number of carbonyl (C=O) groups excluding carboxylic acids is 4. The van der Waals surface area contributed by atoms with Crippen molar-refractivity contribution in [3.8, 4) is 0 Å². The van der Waals surface area contributed by atoms with Crippen LogP contribution in [0, 0.1) is 22.7 Å². The van der Waals surface area contributed by atoms with Crippen LogP contribution in [0.15, 0.2) is 23.8 Å². The molecule has 198 valence electrons. The molecule has 36 heavy (non-hydrogen) atoms. The average Bonchev–Trinajstić information content (AvgIpc) is 3.11. The summed E-state index contributed by atoms with van der Waals surface area (Å²) >= 11 is 7.43. The molecule has 9 heteroatoms. The van der Waals surface area contributed by atoms with Crippen molar-refractivity contribution in [1.29, 1.82) is 0 Å². The fraction of sp³-hybridized carbons (Fsp3) is 0.704. The Morgan fingerprint density at radius 1 is 1.14 bits per heavy atom. The number of hydrogen-bond donors (Lipinski definition) is 1. The maximum Gasteiger partial charge on any atom is 0.509 e. The number of rotatable bonds is 6. The molecule has 0 bridgehead atoms. The van der Waals surface area contributed by atoms with E-state index in [0.717, 1.165) is 5.57 Å². The van der Waals surface area contributed by atoms with Gasteiger partial charge in [0.1, 0.15) is 0 Å². The van der Waals surface area contributed by atoms with E-state index in [1.165, 1.54) is 6.08 Å². The van der Waals surface area contributed by atoms with E-state index in [2.05, 4.69) is 0 Å². The van der Waals surface area contributed by atoms with Crippen LogP contribution in [0.2, 0.25) is 0 Å². The summed E-state index contributed by atoms with van der Waals surface area (Å²) in [6.45, 7) is 6.62. The molecule has 0 saturated heterocycles. The van der Waals surface area contributed by atoms with Gasteiger partial charge in [0.25, 0.3) is 0 Å². The Labute approximate surface area is 216 Å². The molecule has 4 rings (SSSR count). The number of aliphatic hydroxyl groups is 1. The van der Waals surface area contributed by atoms with Crippen molar-refractivity contribution in [2.45, 2.75) is 82.8 Å². The smallest absolute Gasteiger partial charge is 0.457 e. The van der Waals surface area contributed by atoms with Gasteiger partial charge in [0, 0.05) is 17.3 Å². The SMILES string of the molecule is CCOC(=O)O[C@]1(C(=O)COC(=O)CC)CC[C@H]2[C@@H]3CCC4=CC(=O)C=C[C@]4(C)[C@@]3(Cl)C(O)C[C@@]21C. The lowest BCUT2D eigenvalue weighted by Crippen LogP contribution is -2.69. The van der Waals surface area contributed by atoms with E-state index in [1.54, 1.807) is 19.9 Å². The molecule has 0 heterocycles. The molecule has 0 radical (unpaired) electrons. The summed E-state index contributed by atoms with van der Waals surface area (Å²) in [5.41, 5.74) is -2.44. The number of hydrogen-bond acceptors (Lipinski definition) is 8. The first-order valence-electron chi connectivity index (χ1n) is 12.8. The summed E-state index contributed by atoms with van der Waals surface area (Å²) in [4.78, 5) is 49.0. The highest BCUT2D eigenvalue weighted by atomic mass is 35.5. The van der Waals surface area contributed by atoms with Crippen molar-refractivity contribution in [1.82, 2.24) is 0 Å². The van der Waals surface area contributed by atoms with Gasteiger partial charge in [-0.05, 0) is 63.0 Å². The lowest BCUT2D eigenvalue weighted by atomic mass is 9.45. The van der Waals surface area contributed by atoms with Gasteiger partial charge in [-0.25, -0.2) is 4.79 Å². The van der Waals surface area contributed by atoms with Gasteiger partial charge in [0.2, 0.25) is 5.78 Å². The Kier molecular flexibility index (Phi) is 6.92. The minimum absolute atomic E-state index is 0.0721. The highest BCUT2D eigenvalue weighted by Crippen LogP contribution is 2.71. The van der Waals surface area contributed by atoms with Crippen molar-refractivity contribution in [3.63, 3.8) is 0 Å². The number of carbonyl (C=O) groups is 4. The lowest BCUT2D eigenvalue weighted by molar-refractivity contribution is -0.182. The van der Waals surface area contributed by atoms with E-state index in [4.69, 9.17) is 25.8 Å². The van der Waals surface area contributed by atoms with Crippen LogP contribution in [0.3, 0.4) is 0 Å². The third-order valence-corrected chi connectivity index (χ3v) is 10.3. The Balaban J connectivity index is 1.75. The quantitative estimate of drug-likeness (QED) is 0.410. The van der Waals surface area contributed by atoms with E-state index >= 15 is 0 Å². The van der Waals surface area contributed by atoms with Crippen LogP contribution in [0.4, 0.5) is 4.79 Å². The minimum Gasteiger partial charge on any atom is -0.457 e. The Morgan fingerprint density at radius 3 is 2.53 bits per heavy atom. The highest BCUT2D eigenvalue weighted by molar-refractivity contribution is 6.26.